The van der Waals surface area contributed by atoms with Crippen LogP contribution in [0.4, 0.5) is 13.2 Å². The van der Waals surface area contributed by atoms with Gasteiger partial charge in [-0.15, -0.1) is 0 Å². The van der Waals surface area contributed by atoms with Crippen LogP contribution in [0, 0.1) is 16.7 Å². The van der Waals surface area contributed by atoms with Crippen LogP contribution in [0.5, 0.6) is 0 Å². The maximum atomic E-state index is 12.8. The number of hydrogen-bond acceptors (Lipinski definition) is 1. The Balaban J connectivity index is 1.83. The van der Waals surface area contributed by atoms with Crippen molar-refractivity contribution >= 4 is 5.91 Å². The van der Waals surface area contributed by atoms with Crippen molar-refractivity contribution in [2.45, 2.75) is 52.3 Å². The van der Waals surface area contributed by atoms with E-state index in [-0.39, 0.29) is 22.4 Å². The maximum absolute atomic E-state index is 12.8. The van der Waals surface area contributed by atoms with E-state index in [0.29, 0.717) is 5.92 Å². The SMILES string of the molecule is CC1(C)[C@@H]2CC[C@](C)(C2)[C@@H]1NC(=O)c1cccc(C(F)(F)F)c1. The first-order valence-corrected chi connectivity index (χ1v) is 8.02. The zero-order chi connectivity index (χ0) is 17.0. The molecule has 2 bridgehead atoms. The highest BCUT2D eigenvalue weighted by Gasteiger charge is 2.59. The molecule has 2 aliphatic rings. The van der Waals surface area contributed by atoms with Crippen molar-refractivity contribution in [2.75, 3.05) is 0 Å². The highest BCUT2D eigenvalue weighted by Crippen LogP contribution is 2.62. The van der Waals surface area contributed by atoms with E-state index in [1.165, 1.54) is 18.6 Å². The van der Waals surface area contributed by atoms with Crippen LogP contribution in [0.1, 0.15) is 56.0 Å². The molecule has 5 heteroatoms. The Kier molecular flexibility index (Phi) is 3.54. The van der Waals surface area contributed by atoms with E-state index in [1.807, 2.05) is 0 Å². The third kappa shape index (κ3) is 2.64. The van der Waals surface area contributed by atoms with E-state index in [2.05, 4.69) is 26.1 Å². The lowest BCUT2D eigenvalue weighted by Gasteiger charge is -2.43. The predicted octanol–water partition coefficient (Wildman–Crippen LogP) is 4.65. The lowest BCUT2D eigenvalue weighted by molar-refractivity contribution is -0.137. The molecule has 0 radical (unpaired) electrons. The molecule has 0 aliphatic heterocycles. The average molecular weight is 325 g/mol. The zero-order valence-corrected chi connectivity index (χ0v) is 13.6. The number of nitrogens with one attached hydrogen (secondary N) is 1. The number of hydrogen-bond donors (Lipinski definition) is 1. The van der Waals surface area contributed by atoms with Crippen LogP contribution in [-0.2, 0) is 6.18 Å². The number of halogens is 3. The maximum Gasteiger partial charge on any atom is 0.416 e. The normalized spacial score (nSPS) is 32.1. The van der Waals surface area contributed by atoms with E-state index in [4.69, 9.17) is 0 Å². The van der Waals surface area contributed by atoms with Crippen LogP contribution in [0.15, 0.2) is 24.3 Å². The van der Waals surface area contributed by atoms with E-state index in [0.717, 1.165) is 25.0 Å². The molecular formula is C18H22F3NO. The largest absolute Gasteiger partial charge is 0.416 e. The molecule has 3 atom stereocenters. The Bertz CT molecular complexity index is 633. The topological polar surface area (TPSA) is 29.1 Å². The average Bonchev–Trinajstić information content (AvgIpc) is 2.94. The third-order valence-electron chi connectivity index (χ3n) is 6.00. The second-order valence-electron chi connectivity index (χ2n) is 7.90. The molecular weight excluding hydrogens is 303 g/mol. The number of alkyl halides is 3. The first-order chi connectivity index (χ1) is 10.5. The van der Waals surface area contributed by atoms with E-state index in [9.17, 15) is 18.0 Å². The van der Waals surface area contributed by atoms with Gasteiger partial charge in [0, 0.05) is 11.6 Å². The van der Waals surface area contributed by atoms with Gasteiger partial charge in [-0.05, 0) is 54.2 Å². The van der Waals surface area contributed by atoms with E-state index < -0.39 is 17.6 Å². The van der Waals surface area contributed by atoms with Gasteiger partial charge >= 0.3 is 6.18 Å². The molecule has 2 aliphatic carbocycles. The van der Waals surface area contributed by atoms with Gasteiger partial charge < -0.3 is 5.32 Å². The van der Waals surface area contributed by atoms with Gasteiger partial charge in [0.25, 0.3) is 5.91 Å². The molecule has 3 rings (SSSR count). The second-order valence-corrected chi connectivity index (χ2v) is 7.90. The molecule has 0 heterocycles. The predicted molar refractivity (Wildman–Crippen MR) is 81.9 cm³/mol. The summed E-state index contributed by atoms with van der Waals surface area (Å²) < 4.78 is 38.4. The number of amides is 1. The first-order valence-electron chi connectivity index (χ1n) is 8.02. The molecule has 2 fully saturated rings. The van der Waals surface area contributed by atoms with Crippen molar-refractivity contribution < 1.29 is 18.0 Å². The van der Waals surface area contributed by atoms with Crippen molar-refractivity contribution in [1.82, 2.24) is 5.32 Å². The molecule has 23 heavy (non-hydrogen) atoms. The summed E-state index contributed by atoms with van der Waals surface area (Å²) in [5, 5.41) is 3.03. The lowest BCUT2D eigenvalue weighted by atomic mass is 9.68. The minimum Gasteiger partial charge on any atom is -0.348 e. The van der Waals surface area contributed by atoms with Crippen LogP contribution in [0.3, 0.4) is 0 Å². The fourth-order valence-electron chi connectivity index (χ4n) is 4.71. The summed E-state index contributed by atoms with van der Waals surface area (Å²) in [7, 11) is 0. The molecule has 1 aromatic rings. The van der Waals surface area contributed by atoms with E-state index in [1.54, 1.807) is 0 Å². The Morgan fingerprint density at radius 3 is 2.52 bits per heavy atom. The standard InChI is InChI=1S/C18H22F3NO/c1-16(2)13-7-8-17(3,10-13)15(16)22-14(23)11-5-4-6-12(9-11)18(19,20)21/h4-6,9,13,15H,7-8,10H2,1-3H3,(H,22,23)/t13-,15-,17-/m1/s1. The highest BCUT2D eigenvalue weighted by molar-refractivity contribution is 5.94. The van der Waals surface area contributed by atoms with Gasteiger partial charge in [-0.2, -0.15) is 13.2 Å². The fourth-order valence-corrected chi connectivity index (χ4v) is 4.71. The molecule has 2 saturated carbocycles. The molecule has 126 valence electrons. The van der Waals surface area contributed by atoms with Crippen molar-refractivity contribution in [3.8, 4) is 0 Å². The summed E-state index contributed by atoms with van der Waals surface area (Å²) in [5.41, 5.74) is -0.693. The Morgan fingerprint density at radius 2 is 1.96 bits per heavy atom. The lowest BCUT2D eigenvalue weighted by Crippen LogP contribution is -2.52. The van der Waals surface area contributed by atoms with Crippen LogP contribution in [0.25, 0.3) is 0 Å². The van der Waals surface area contributed by atoms with Crippen molar-refractivity contribution in [3.63, 3.8) is 0 Å². The zero-order valence-electron chi connectivity index (χ0n) is 13.6. The van der Waals surface area contributed by atoms with Crippen molar-refractivity contribution in [2.24, 2.45) is 16.7 Å². The van der Waals surface area contributed by atoms with Gasteiger partial charge in [-0.25, -0.2) is 0 Å². The second kappa shape index (κ2) is 4.99. The molecule has 1 amide bonds. The minimum atomic E-state index is -4.44. The van der Waals surface area contributed by atoms with Crippen LogP contribution in [0.2, 0.25) is 0 Å². The van der Waals surface area contributed by atoms with Crippen LogP contribution < -0.4 is 5.32 Å². The Hall–Kier alpha value is -1.52. The molecule has 0 spiro atoms. The summed E-state index contributed by atoms with van der Waals surface area (Å²) in [5.74, 6) is 0.155. The summed E-state index contributed by atoms with van der Waals surface area (Å²) in [4.78, 5) is 12.5. The summed E-state index contributed by atoms with van der Waals surface area (Å²) in [6, 6.07) is 4.63. The highest BCUT2D eigenvalue weighted by atomic mass is 19.4. The van der Waals surface area contributed by atoms with Gasteiger partial charge in [0.1, 0.15) is 0 Å². The number of benzene rings is 1. The molecule has 2 nitrogen and oxygen atoms in total. The van der Waals surface area contributed by atoms with Crippen molar-refractivity contribution in [3.05, 3.63) is 35.4 Å². The Labute approximate surface area is 134 Å². The van der Waals surface area contributed by atoms with Crippen LogP contribution >= 0.6 is 0 Å². The molecule has 0 unspecified atom stereocenters. The number of rotatable bonds is 2. The molecule has 0 saturated heterocycles. The molecule has 1 aromatic carbocycles. The van der Waals surface area contributed by atoms with Gasteiger partial charge in [-0.1, -0.05) is 26.8 Å². The monoisotopic (exact) mass is 325 g/mol. The van der Waals surface area contributed by atoms with Gasteiger partial charge in [0.15, 0.2) is 0 Å². The van der Waals surface area contributed by atoms with Gasteiger partial charge in [-0.3, -0.25) is 4.79 Å². The summed E-state index contributed by atoms with van der Waals surface area (Å²) in [6.45, 7) is 6.48. The number of carbonyl (C=O) groups is 1. The first kappa shape index (κ1) is 16.3. The van der Waals surface area contributed by atoms with Crippen molar-refractivity contribution in [1.29, 1.82) is 0 Å². The van der Waals surface area contributed by atoms with Crippen LogP contribution in [-0.4, -0.2) is 11.9 Å². The number of carbonyl (C=O) groups excluding carboxylic acids is 1. The molecule has 1 N–H and O–H groups in total. The molecule has 0 aromatic heterocycles. The fraction of sp³-hybridized carbons (Fsp3) is 0.611. The third-order valence-corrected chi connectivity index (χ3v) is 6.00. The summed E-state index contributed by atoms with van der Waals surface area (Å²) >= 11 is 0. The quantitative estimate of drug-likeness (QED) is 0.842. The van der Waals surface area contributed by atoms with Gasteiger partial charge in [0.05, 0.1) is 5.56 Å². The minimum absolute atomic E-state index is 0.00390. The van der Waals surface area contributed by atoms with Gasteiger partial charge in [0.2, 0.25) is 0 Å². The smallest absolute Gasteiger partial charge is 0.348 e. The number of fused-ring (bicyclic) bond motifs is 2. The summed E-state index contributed by atoms with van der Waals surface area (Å²) in [6.07, 6.45) is -1.13. The van der Waals surface area contributed by atoms with E-state index >= 15 is 0 Å². The Morgan fingerprint density at radius 1 is 1.26 bits per heavy atom.